The molecule has 2 rings (SSSR count). The number of rotatable bonds is 4. The highest BCUT2D eigenvalue weighted by atomic mass is 16.5. The normalized spacial score (nSPS) is 10.1. The first-order chi connectivity index (χ1) is 8.31. The maximum Gasteiger partial charge on any atom is 0.358 e. The van der Waals surface area contributed by atoms with E-state index in [9.17, 15) is 4.79 Å². The fourth-order valence-electron chi connectivity index (χ4n) is 1.39. The van der Waals surface area contributed by atoms with Gasteiger partial charge in [-0.3, -0.25) is 0 Å². The molecular weight excluding hydrogens is 216 g/mol. The van der Waals surface area contributed by atoms with Crippen LogP contribution < -0.4 is 0 Å². The maximum atomic E-state index is 11.6. The molecule has 0 aliphatic heterocycles. The molecule has 0 atom stereocenters. The molecule has 0 saturated heterocycles. The number of ether oxygens (including phenoxy) is 1. The van der Waals surface area contributed by atoms with Crippen molar-refractivity contribution in [2.75, 3.05) is 6.61 Å². The molecule has 86 valence electrons. The van der Waals surface area contributed by atoms with Gasteiger partial charge in [-0.05, 0) is 18.6 Å². The Morgan fingerprint density at radius 3 is 3.00 bits per heavy atom. The van der Waals surface area contributed by atoms with Gasteiger partial charge >= 0.3 is 5.97 Å². The van der Waals surface area contributed by atoms with Crippen LogP contribution in [-0.2, 0) is 4.74 Å². The lowest BCUT2D eigenvalue weighted by Gasteiger charge is -2.02. The second kappa shape index (κ2) is 5.21. The van der Waals surface area contributed by atoms with Crippen molar-refractivity contribution in [1.82, 2.24) is 10.2 Å². The Labute approximate surface area is 98.9 Å². The number of esters is 1. The monoisotopic (exact) mass is 228 g/mol. The second-order valence-electron chi connectivity index (χ2n) is 3.50. The third-order valence-corrected chi connectivity index (χ3v) is 2.26. The summed E-state index contributed by atoms with van der Waals surface area (Å²) in [6.45, 7) is 3.87. The Bertz CT molecular complexity index is 552. The van der Waals surface area contributed by atoms with E-state index in [-0.39, 0.29) is 5.69 Å². The Morgan fingerprint density at radius 2 is 2.18 bits per heavy atom. The summed E-state index contributed by atoms with van der Waals surface area (Å²) in [4.78, 5) is 11.6. The lowest BCUT2D eigenvalue weighted by atomic mass is 10.2. The number of hydrogen-bond donors (Lipinski definition) is 0. The van der Waals surface area contributed by atoms with Crippen LogP contribution in [-0.4, -0.2) is 22.8 Å². The third kappa shape index (κ3) is 2.66. The number of hydrogen-bond acceptors (Lipinski definition) is 4. The van der Waals surface area contributed by atoms with Crippen molar-refractivity contribution < 1.29 is 9.53 Å². The fourth-order valence-corrected chi connectivity index (χ4v) is 1.39. The highest BCUT2D eigenvalue weighted by Gasteiger charge is 2.09. The number of benzene rings is 1. The van der Waals surface area contributed by atoms with Gasteiger partial charge < -0.3 is 4.74 Å². The highest BCUT2D eigenvalue weighted by Crippen LogP contribution is 2.11. The van der Waals surface area contributed by atoms with Crippen molar-refractivity contribution in [3.05, 3.63) is 48.7 Å². The maximum absolute atomic E-state index is 11.6. The molecule has 1 aromatic carbocycles. The summed E-state index contributed by atoms with van der Waals surface area (Å²) in [6.07, 6.45) is 2.33. The standard InChI is InChI=1S/C13H12N2O2/c1-2-3-8-17-13(16)12-9-10-6-4-5-7-11(10)14-15-12/h2,4-7,9H,1,3,8H2. The zero-order valence-corrected chi connectivity index (χ0v) is 9.30. The highest BCUT2D eigenvalue weighted by molar-refractivity contribution is 5.91. The predicted molar refractivity (Wildman–Crippen MR) is 64.6 cm³/mol. The van der Waals surface area contributed by atoms with Gasteiger partial charge in [-0.25, -0.2) is 4.79 Å². The molecule has 0 unspecified atom stereocenters. The minimum atomic E-state index is -0.454. The van der Waals surface area contributed by atoms with E-state index in [1.807, 2.05) is 24.3 Å². The average molecular weight is 228 g/mol. The van der Waals surface area contributed by atoms with Gasteiger partial charge in [0.25, 0.3) is 0 Å². The SMILES string of the molecule is C=CCCOC(=O)c1cc2ccccc2nn1. The number of fused-ring (bicyclic) bond motifs is 1. The van der Waals surface area contributed by atoms with Gasteiger partial charge in [0.15, 0.2) is 5.69 Å². The van der Waals surface area contributed by atoms with Gasteiger partial charge in [0, 0.05) is 5.39 Å². The van der Waals surface area contributed by atoms with E-state index < -0.39 is 5.97 Å². The van der Waals surface area contributed by atoms with Crippen LogP contribution >= 0.6 is 0 Å². The van der Waals surface area contributed by atoms with E-state index in [1.54, 1.807) is 12.1 Å². The van der Waals surface area contributed by atoms with Crippen LogP contribution in [0.3, 0.4) is 0 Å². The van der Waals surface area contributed by atoms with Crippen LogP contribution in [0.1, 0.15) is 16.9 Å². The summed E-state index contributed by atoms with van der Waals surface area (Å²) < 4.78 is 5.00. The van der Waals surface area contributed by atoms with E-state index in [2.05, 4.69) is 16.8 Å². The zero-order valence-electron chi connectivity index (χ0n) is 9.30. The van der Waals surface area contributed by atoms with E-state index in [1.165, 1.54) is 0 Å². The summed E-state index contributed by atoms with van der Waals surface area (Å²) in [5.74, 6) is -0.454. The summed E-state index contributed by atoms with van der Waals surface area (Å²) in [6, 6.07) is 9.16. The lowest BCUT2D eigenvalue weighted by Crippen LogP contribution is -2.09. The Hall–Kier alpha value is -2.23. The molecule has 0 saturated carbocycles. The van der Waals surface area contributed by atoms with E-state index in [0.717, 1.165) is 10.9 Å². The van der Waals surface area contributed by atoms with Crippen molar-refractivity contribution in [2.24, 2.45) is 0 Å². The molecule has 0 spiro atoms. The Morgan fingerprint density at radius 1 is 1.35 bits per heavy atom. The Balaban J connectivity index is 2.18. The molecule has 4 nitrogen and oxygen atoms in total. The smallest absolute Gasteiger partial charge is 0.358 e. The van der Waals surface area contributed by atoms with Gasteiger partial charge in [0.1, 0.15) is 0 Å². The molecule has 0 amide bonds. The summed E-state index contributed by atoms with van der Waals surface area (Å²) in [7, 11) is 0. The van der Waals surface area contributed by atoms with Crippen molar-refractivity contribution in [1.29, 1.82) is 0 Å². The number of aromatic nitrogens is 2. The second-order valence-corrected chi connectivity index (χ2v) is 3.50. The van der Waals surface area contributed by atoms with Crippen molar-refractivity contribution >= 4 is 16.9 Å². The minimum Gasteiger partial charge on any atom is -0.461 e. The van der Waals surface area contributed by atoms with Crippen LogP contribution in [0.2, 0.25) is 0 Å². The molecule has 0 radical (unpaired) electrons. The topological polar surface area (TPSA) is 52.1 Å². The predicted octanol–water partition coefficient (Wildman–Crippen LogP) is 2.36. The van der Waals surface area contributed by atoms with Gasteiger partial charge in [0.05, 0.1) is 12.1 Å². The number of nitrogens with zero attached hydrogens (tertiary/aromatic N) is 2. The average Bonchev–Trinajstić information content (AvgIpc) is 2.38. The molecular formula is C13H12N2O2. The first-order valence-electron chi connectivity index (χ1n) is 5.32. The van der Waals surface area contributed by atoms with E-state index in [0.29, 0.717) is 13.0 Å². The molecule has 0 N–H and O–H groups in total. The number of carbonyl (C=O) groups is 1. The van der Waals surface area contributed by atoms with Crippen LogP contribution in [0.25, 0.3) is 10.9 Å². The molecule has 0 bridgehead atoms. The van der Waals surface area contributed by atoms with Crippen LogP contribution in [0.4, 0.5) is 0 Å². The van der Waals surface area contributed by atoms with Gasteiger partial charge in [-0.15, -0.1) is 16.8 Å². The minimum absolute atomic E-state index is 0.229. The molecule has 1 aromatic heterocycles. The molecule has 17 heavy (non-hydrogen) atoms. The Kier molecular flexibility index (Phi) is 3.45. The van der Waals surface area contributed by atoms with E-state index >= 15 is 0 Å². The lowest BCUT2D eigenvalue weighted by molar-refractivity contribution is 0.0504. The number of carbonyl (C=O) groups excluding carboxylic acids is 1. The molecule has 2 aromatic rings. The summed E-state index contributed by atoms with van der Waals surface area (Å²) in [5.41, 5.74) is 0.989. The van der Waals surface area contributed by atoms with Crippen molar-refractivity contribution in [2.45, 2.75) is 6.42 Å². The largest absolute Gasteiger partial charge is 0.461 e. The molecule has 0 aliphatic carbocycles. The van der Waals surface area contributed by atoms with Crippen LogP contribution in [0.15, 0.2) is 43.0 Å². The quantitative estimate of drug-likeness (QED) is 0.458. The first kappa shape index (κ1) is 11.3. The van der Waals surface area contributed by atoms with Gasteiger partial charge in [0.2, 0.25) is 0 Å². The molecule has 1 heterocycles. The van der Waals surface area contributed by atoms with Crippen LogP contribution in [0, 0.1) is 0 Å². The molecule has 0 aliphatic rings. The van der Waals surface area contributed by atoms with Crippen LogP contribution in [0.5, 0.6) is 0 Å². The van der Waals surface area contributed by atoms with Crippen molar-refractivity contribution in [3.63, 3.8) is 0 Å². The fraction of sp³-hybridized carbons (Fsp3) is 0.154. The zero-order chi connectivity index (χ0) is 12.1. The summed E-state index contributed by atoms with van der Waals surface area (Å²) >= 11 is 0. The van der Waals surface area contributed by atoms with Crippen molar-refractivity contribution in [3.8, 4) is 0 Å². The van der Waals surface area contributed by atoms with E-state index in [4.69, 9.17) is 4.74 Å². The summed E-state index contributed by atoms with van der Waals surface area (Å²) in [5, 5.41) is 8.67. The molecule has 0 fully saturated rings. The van der Waals surface area contributed by atoms with Gasteiger partial charge in [-0.1, -0.05) is 24.3 Å². The van der Waals surface area contributed by atoms with Gasteiger partial charge in [-0.2, -0.15) is 0 Å². The third-order valence-electron chi connectivity index (χ3n) is 2.26. The first-order valence-corrected chi connectivity index (χ1v) is 5.32. The molecule has 4 heteroatoms.